The van der Waals surface area contributed by atoms with Gasteiger partial charge in [0.1, 0.15) is 9.81 Å². The van der Waals surface area contributed by atoms with Gasteiger partial charge in [0, 0.05) is 32.7 Å². The van der Waals surface area contributed by atoms with Crippen molar-refractivity contribution < 1.29 is 27.5 Å². The quantitative estimate of drug-likeness (QED) is 0.199. The lowest BCUT2D eigenvalue weighted by atomic mass is 10.2. The lowest BCUT2D eigenvalue weighted by Crippen LogP contribution is -2.34. The fourth-order valence-electron chi connectivity index (χ4n) is 4.49. The second-order valence-corrected chi connectivity index (χ2v) is 15.0. The number of carbonyl (C=O) groups is 2. The van der Waals surface area contributed by atoms with Gasteiger partial charge in [-0.05, 0) is 62.9 Å². The average molecular weight is 662 g/mol. The SMILES string of the molecule is CC(C)(C)OC(=O)NCCOCCN1CCCn2nc(C(=O)Nc3nc4ccc(NS(=O)(=O)c5cccs5)cc4s3)cc2C1. The van der Waals surface area contributed by atoms with Crippen molar-refractivity contribution in [2.24, 2.45) is 0 Å². The van der Waals surface area contributed by atoms with Gasteiger partial charge in [0.25, 0.3) is 15.9 Å². The summed E-state index contributed by atoms with van der Waals surface area (Å²) in [5.41, 5.74) is 1.75. The zero-order valence-corrected chi connectivity index (χ0v) is 27.1. The van der Waals surface area contributed by atoms with E-state index in [-0.39, 0.29) is 10.1 Å². The predicted octanol–water partition coefficient (Wildman–Crippen LogP) is 4.35. The van der Waals surface area contributed by atoms with E-state index in [2.05, 4.69) is 30.3 Å². The van der Waals surface area contributed by atoms with E-state index in [1.165, 1.54) is 11.3 Å². The first-order valence-corrected chi connectivity index (χ1v) is 17.2. The lowest BCUT2D eigenvalue weighted by Gasteiger charge is -2.20. The molecule has 3 aromatic heterocycles. The normalized spacial score (nSPS) is 14.2. The predicted molar refractivity (Wildman–Crippen MR) is 170 cm³/mol. The van der Waals surface area contributed by atoms with Gasteiger partial charge in [-0.15, -0.1) is 11.3 Å². The van der Waals surface area contributed by atoms with E-state index in [0.29, 0.717) is 61.4 Å². The molecule has 44 heavy (non-hydrogen) atoms. The Labute approximate surface area is 263 Å². The number of carbonyl (C=O) groups excluding carboxylic acids is 2. The molecular weight excluding hydrogens is 627 g/mol. The van der Waals surface area contributed by atoms with Crippen LogP contribution in [0, 0.1) is 0 Å². The maximum atomic E-state index is 13.1. The first kappa shape index (κ1) is 31.8. The number of amides is 2. The van der Waals surface area contributed by atoms with Crippen LogP contribution in [0.25, 0.3) is 10.2 Å². The zero-order chi connectivity index (χ0) is 31.3. The molecule has 0 atom stereocenters. The summed E-state index contributed by atoms with van der Waals surface area (Å²) in [7, 11) is -3.67. The van der Waals surface area contributed by atoms with Gasteiger partial charge in [-0.2, -0.15) is 5.10 Å². The number of rotatable bonds is 11. The van der Waals surface area contributed by atoms with Crippen molar-refractivity contribution in [1.29, 1.82) is 0 Å². The Morgan fingerprint density at radius 2 is 1.95 bits per heavy atom. The Kier molecular flexibility index (Phi) is 9.84. The van der Waals surface area contributed by atoms with E-state index in [1.807, 2.05) is 25.5 Å². The summed E-state index contributed by atoms with van der Waals surface area (Å²) < 4.78 is 41.5. The van der Waals surface area contributed by atoms with Gasteiger partial charge in [0.05, 0.1) is 34.8 Å². The highest BCUT2D eigenvalue weighted by molar-refractivity contribution is 7.94. The molecule has 3 N–H and O–H groups in total. The summed E-state index contributed by atoms with van der Waals surface area (Å²) in [5, 5.41) is 12.1. The van der Waals surface area contributed by atoms with Gasteiger partial charge in [-0.3, -0.25) is 24.4 Å². The molecule has 2 amide bonds. The number of thiazole rings is 1. The van der Waals surface area contributed by atoms with Crippen LogP contribution in [0.1, 0.15) is 43.4 Å². The van der Waals surface area contributed by atoms with E-state index >= 15 is 0 Å². The van der Waals surface area contributed by atoms with Crippen molar-refractivity contribution in [3.05, 3.63) is 53.2 Å². The van der Waals surface area contributed by atoms with Crippen molar-refractivity contribution in [3.63, 3.8) is 0 Å². The first-order valence-electron chi connectivity index (χ1n) is 14.1. The number of alkyl carbamates (subject to hydrolysis) is 1. The van der Waals surface area contributed by atoms with Gasteiger partial charge in [-0.25, -0.2) is 18.2 Å². The molecule has 0 unspecified atom stereocenters. The first-order chi connectivity index (χ1) is 20.9. The Morgan fingerprint density at radius 1 is 1.11 bits per heavy atom. The second kappa shape index (κ2) is 13.6. The Balaban J connectivity index is 1.12. The number of fused-ring (bicyclic) bond motifs is 2. The standard InChI is InChI=1S/C28H35N7O6S3/c1-28(2,3)41-27(37)29-9-13-40-14-12-34-10-5-11-35-20(18-34)17-22(32-35)25(36)31-26-30-21-8-7-19(16-23(21)43-26)33-44(38,39)24-6-4-15-42-24/h4,6-8,15-17,33H,5,9-14,18H2,1-3H3,(H,29,37)(H,30,31,36). The monoisotopic (exact) mass is 661 g/mol. The van der Waals surface area contributed by atoms with E-state index < -0.39 is 21.7 Å². The van der Waals surface area contributed by atoms with Crippen LogP contribution in [0.5, 0.6) is 0 Å². The molecule has 4 aromatic rings. The topological polar surface area (TPSA) is 157 Å². The van der Waals surface area contributed by atoms with Crippen molar-refractivity contribution in [2.45, 2.75) is 50.1 Å². The molecule has 5 rings (SSSR count). The number of benzene rings is 1. The van der Waals surface area contributed by atoms with Crippen LogP contribution < -0.4 is 15.4 Å². The number of ether oxygens (including phenoxy) is 2. The van der Waals surface area contributed by atoms with Crippen LogP contribution in [0.3, 0.4) is 0 Å². The number of thiophene rings is 1. The molecule has 0 radical (unpaired) electrons. The minimum Gasteiger partial charge on any atom is -0.444 e. The average Bonchev–Trinajstić information content (AvgIpc) is 3.68. The third kappa shape index (κ3) is 8.53. The van der Waals surface area contributed by atoms with Crippen LogP contribution in [-0.2, 0) is 32.6 Å². The highest BCUT2D eigenvalue weighted by Gasteiger charge is 2.21. The fraction of sp³-hybridized carbons (Fsp3) is 0.429. The third-order valence-corrected chi connectivity index (χ3v) is 10.1. The number of aryl methyl sites for hydroxylation is 1. The van der Waals surface area contributed by atoms with Crippen molar-refractivity contribution in [3.8, 4) is 0 Å². The van der Waals surface area contributed by atoms with E-state index in [1.54, 1.807) is 41.8 Å². The lowest BCUT2D eigenvalue weighted by molar-refractivity contribution is 0.0489. The number of anilines is 2. The Bertz CT molecular complexity index is 1710. The van der Waals surface area contributed by atoms with Crippen LogP contribution >= 0.6 is 22.7 Å². The molecule has 0 aliphatic carbocycles. The highest BCUT2D eigenvalue weighted by atomic mass is 32.2. The van der Waals surface area contributed by atoms with E-state index in [9.17, 15) is 18.0 Å². The smallest absolute Gasteiger partial charge is 0.407 e. The molecule has 4 heterocycles. The van der Waals surface area contributed by atoms with Crippen LogP contribution in [0.4, 0.5) is 15.6 Å². The van der Waals surface area contributed by atoms with Crippen LogP contribution in [-0.4, -0.2) is 78.5 Å². The molecule has 0 fully saturated rings. The fourth-order valence-corrected chi connectivity index (χ4v) is 7.43. The molecule has 0 bridgehead atoms. The van der Waals surface area contributed by atoms with Crippen LogP contribution in [0.15, 0.2) is 46.0 Å². The molecular formula is C28H35N7O6S3. The van der Waals surface area contributed by atoms with E-state index in [0.717, 1.165) is 34.7 Å². The molecule has 13 nitrogen and oxygen atoms in total. The summed E-state index contributed by atoms with van der Waals surface area (Å²) in [5.74, 6) is -0.365. The summed E-state index contributed by atoms with van der Waals surface area (Å²) in [6.07, 6.45) is 0.418. The molecule has 236 valence electrons. The van der Waals surface area contributed by atoms with Gasteiger partial charge >= 0.3 is 6.09 Å². The number of nitrogens with one attached hydrogen (secondary N) is 3. The molecule has 1 aliphatic heterocycles. The van der Waals surface area contributed by atoms with Gasteiger partial charge < -0.3 is 14.8 Å². The number of hydrogen-bond donors (Lipinski definition) is 3. The maximum Gasteiger partial charge on any atom is 0.407 e. The largest absolute Gasteiger partial charge is 0.444 e. The zero-order valence-electron chi connectivity index (χ0n) is 24.7. The minimum atomic E-state index is -3.67. The molecule has 1 aromatic carbocycles. The molecule has 0 saturated carbocycles. The Morgan fingerprint density at radius 3 is 2.73 bits per heavy atom. The summed E-state index contributed by atoms with van der Waals surface area (Å²) in [4.78, 5) is 31.5. The van der Waals surface area contributed by atoms with Crippen molar-refractivity contribution in [1.82, 2.24) is 25.0 Å². The maximum absolute atomic E-state index is 13.1. The number of sulfonamides is 1. The molecule has 1 aliphatic rings. The summed E-state index contributed by atoms with van der Waals surface area (Å²) >= 11 is 2.39. The molecule has 0 saturated heterocycles. The van der Waals surface area contributed by atoms with Gasteiger partial charge in [-0.1, -0.05) is 17.4 Å². The molecule has 0 spiro atoms. The van der Waals surface area contributed by atoms with E-state index in [4.69, 9.17) is 9.47 Å². The van der Waals surface area contributed by atoms with Gasteiger partial charge in [0.2, 0.25) is 0 Å². The summed E-state index contributed by atoms with van der Waals surface area (Å²) in [6, 6.07) is 10.1. The number of nitrogens with zero attached hydrogens (tertiary/aromatic N) is 4. The second-order valence-electron chi connectivity index (χ2n) is 11.1. The van der Waals surface area contributed by atoms with Gasteiger partial charge in [0.15, 0.2) is 10.8 Å². The summed E-state index contributed by atoms with van der Waals surface area (Å²) in [6.45, 7) is 9.61. The Hall–Kier alpha value is -3.57. The van der Waals surface area contributed by atoms with Crippen LogP contribution in [0.2, 0.25) is 0 Å². The minimum absolute atomic E-state index is 0.231. The number of hydrogen-bond acceptors (Lipinski definition) is 11. The van der Waals surface area contributed by atoms with Crippen molar-refractivity contribution in [2.75, 3.05) is 42.9 Å². The highest BCUT2D eigenvalue weighted by Crippen LogP contribution is 2.30. The third-order valence-electron chi connectivity index (χ3n) is 6.41. The number of aromatic nitrogens is 3. The molecule has 16 heteroatoms. The van der Waals surface area contributed by atoms with Crippen molar-refractivity contribution >= 4 is 65.7 Å².